The summed E-state index contributed by atoms with van der Waals surface area (Å²) in [4.78, 5) is 10.6. The summed E-state index contributed by atoms with van der Waals surface area (Å²) in [5.74, 6) is -0.306. The predicted molar refractivity (Wildman–Crippen MR) is 54.7 cm³/mol. The van der Waals surface area contributed by atoms with Crippen LogP contribution in [0.4, 0.5) is 0 Å². The summed E-state index contributed by atoms with van der Waals surface area (Å²) in [5.41, 5.74) is -0.546. The first kappa shape index (κ1) is 13.7. The summed E-state index contributed by atoms with van der Waals surface area (Å²) in [6, 6.07) is 1.04. The fourth-order valence-electron chi connectivity index (χ4n) is 0.731. The maximum Gasteiger partial charge on any atom is 0.226 e. The highest BCUT2D eigenvalue weighted by Crippen LogP contribution is 2.01. The number of ether oxygens (including phenoxy) is 1. The summed E-state index contributed by atoms with van der Waals surface area (Å²) >= 11 is 0. The van der Waals surface area contributed by atoms with Gasteiger partial charge in [-0.3, -0.25) is 4.79 Å². The molecule has 5 heteroatoms. The Morgan fingerprint density at radius 3 is 2.33 bits per heavy atom. The van der Waals surface area contributed by atoms with Gasteiger partial charge in [0.2, 0.25) is 5.43 Å². The van der Waals surface area contributed by atoms with Gasteiger partial charge in [0.1, 0.15) is 18.6 Å². The van der Waals surface area contributed by atoms with Crippen LogP contribution in [0, 0.1) is 0 Å². The lowest BCUT2D eigenvalue weighted by Crippen LogP contribution is -1.99. The van der Waals surface area contributed by atoms with Gasteiger partial charge in [-0.1, -0.05) is 0 Å². The number of aliphatic hydroxyl groups excluding tert-OH is 1. The molecular formula is C10H16O5. The lowest BCUT2D eigenvalue weighted by molar-refractivity contribution is 0.162. The third kappa shape index (κ3) is 5.87. The van der Waals surface area contributed by atoms with Crippen LogP contribution in [0.3, 0.4) is 0 Å². The standard InChI is InChI=1S/C6H6O4.C4H10O/c7-2-4-1-5(8)6(9)3-10-4;1-3-5-4-2/h1,3,7,9H,2H2;3-4H2,1-2H3. The van der Waals surface area contributed by atoms with Crippen molar-refractivity contribution in [1.82, 2.24) is 0 Å². The Hall–Kier alpha value is -1.33. The second-order valence-electron chi connectivity index (χ2n) is 2.54. The Kier molecular flexibility index (Phi) is 7.31. The lowest BCUT2D eigenvalue weighted by Gasteiger charge is -1.92. The molecule has 0 aliphatic heterocycles. The van der Waals surface area contributed by atoms with E-state index >= 15 is 0 Å². The van der Waals surface area contributed by atoms with Crippen LogP contribution in [-0.4, -0.2) is 23.4 Å². The lowest BCUT2D eigenvalue weighted by atomic mass is 10.4. The van der Waals surface area contributed by atoms with Crippen molar-refractivity contribution in [1.29, 1.82) is 0 Å². The molecule has 0 aromatic carbocycles. The molecule has 0 amide bonds. The quantitative estimate of drug-likeness (QED) is 0.784. The molecule has 0 fully saturated rings. The molecule has 0 saturated heterocycles. The van der Waals surface area contributed by atoms with Crippen LogP contribution in [0.15, 0.2) is 21.5 Å². The third-order valence-corrected chi connectivity index (χ3v) is 1.43. The van der Waals surface area contributed by atoms with Gasteiger partial charge in [0.05, 0.1) is 0 Å². The smallest absolute Gasteiger partial charge is 0.226 e. The Morgan fingerprint density at radius 1 is 1.40 bits per heavy atom. The van der Waals surface area contributed by atoms with Gasteiger partial charge in [-0.2, -0.15) is 0 Å². The van der Waals surface area contributed by atoms with Crippen LogP contribution in [0.25, 0.3) is 0 Å². The van der Waals surface area contributed by atoms with Gasteiger partial charge >= 0.3 is 0 Å². The zero-order chi connectivity index (χ0) is 11.7. The van der Waals surface area contributed by atoms with Crippen molar-refractivity contribution in [2.24, 2.45) is 0 Å². The molecule has 1 aromatic rings. The first-order valence-corrected chi connectivity index (χ1v) is 4.64. The van der Waals surface area contributed by atoms with Crippen LogP contribution in [0.1, 0.15) is 19.6 Å². The van der Waals surface area contributed by atoms with Crippen molar-refractivity contribution in [3.8, 4) is 5.75 Å². The molecule has 0 radical (unpaired) electrons. The average Bonchev–Trinajstić information content (AvgIpc) is 2.24. The topological polar surface area (TPSA) is 79.9 Å². The van der Waals surface area contributed by atoms with Crippen molar-refractivity contribution in [3.63, 3.8) is 0 Å². The zero-order valence-corrected chi connectivity index (χ0v) is 8.90. The molecule has 1 aromatic heterocycles. The minimum Gasteiger partial charge on any atom is -0.502 e. The molecule has 0 atom stereocenters. The molecule has 0 spiro atoms. The Morgan fingerprint density at radius 2 is 2.00 bits per heavy atom. The van der Waals surface area contributed by atoms with E-state index in [1.54, 1.807) is 0 Å². The van der Waals surface area contributed by atoms with E-state index < -0.39 is 11.2 Å². The highest BCUT2D eigenvalue weighted by atomic mass is 16.5. The number of hydrogen-bond acceptors (Lipinski definition) is 5. The monoisotopic (exact) mass is 216 g/mol. The van der Waals surface area contributed by atoms with Crippen molar-refractivity contribution >= 4 is 0 Å². The molecule has 86 valence electrons. The SMILES string of the molecule is CCOCC.O=c1cc(CO)occ1O. The normalized spacial score (nSPS) is 9.27. The van der Waals surface area contributed by atoms with Gasteiger partial charge < -0.3 is 19.4 Å². The second-order valence-corrected chi connectivity index (χ2v) is 2.54. The van der Waals surface area contributed by atoms with E-state index in [9.17, 15) is 4.79 Å². The fourth-order valence-corrected chi connectivity index (χ4v) is 0.731. The van der Waals surface area contributed by atoms with E-state index in [-0.39, 0.29) is 12.4 Å². The summed E-state index contributed by atoms with van der Waals surface area (Å²) in [6.07, 6.45) is 0.897. The Labute approximate surface area is 87.9 Å². The molecule has 15 heavy (non-hydrogen) atoms. The highest BCUT2D eigenvalue weighted by Gasteiger charge is 1.98. The van der Waals surface area contributed by atoms with Crippen LogP contribution in [0.5, 0.6) is 5.75 Å². The Balaban J connectivity index is 0.000000336. The van der Waals surface area contributed by atoms with Crippen LogP contribution < -0.4 is 5.43 Å². The van der Waals surface area contributed by atoms with Crippen molar-refractivity contribution in [2.75, 3.05) is 13.2 Å². The van der Waals surface area contributed by atoms with Gasteiger partial charge in [-0.05, 0) is 13.8 Å². The van der Waals surface area contributed by atoms with Gasteiger partial charge in [-0.25, -0.2) is 0 Å². The summed E-state index contributed by atoms with van der Waals surface area (Å²) in [7, 11) is 0. The summed E-state index contributed by atoms with van der Waals surface area (Å²) in [5, 5.41) is 17.1. The van der Waals surface area contributed by atoms with E-state index in [0.29, 0.717) is 0 Å². The van der Waals surface area contributed by atoms with Gasteiger partial charge in [0, 0.05) is 19.3 Å². The van der Waals surface area contributed by atoms with Gasteiger partial charge in [-0.15, -0.1) is 0 Å². The van der Waals surface area contributed by atoms with E-state index in [4.69, 9.17) is 14.9 Å². The van der Waals surface area contributed by atoms with E-state index in [0.717, 1.165) is 25.5 Å². The van der Waals surface area contributed by atoms with Gasteiger partial charge in [0.15, 0.2) is 5.75 Å². The van der Waals surface area contributed by atoms with Crippen LogP contribution >= 0.6 is 0 Å². The molecule has 0 unspecified atom stereocenters. The van der Waals surface area contributed by atoms with E-state index in [2.05, 4.69) is 4.42 Å². The summed E-state index contributed by atoms with van der Waals surface area (Å²) in [6.45, 7) is 5.33. The number of rotatable bonds is 3. The third-order valence-electron chi connectivity index (χ3n) is 1.43. The van der Waals surface area contributed by atoms with Crippen LogP contribution in [-0.2, 0) is 11.3 Å². The van der Waals surface area contributed by atoms with Crippen molar-refractivity contribution in [2.45, 2.75) is 20.5 Å². The summed E-state index contributed by atoms with van der Waals surface area (Å²) < 4.78 is 9.42. The first-order valence-electron chi connectivity index (χ1n) is 4.64. The maximum absolute atomic E-state index is 10.6. The van der Waals surface area contributed by atoms with Crippen molar-refractivity contribution in [3.05, 3.63) is 28.3 Å². The maximum atomic E-state index is 10.6. The molecule has 2 N–H and O–H groups in total. The van der Waals surface area contributed by atoms with Gasteiger partial charge in [0.25, 0.3) is 0 Å². The minimum absolute atomic E-state index is 0.141. The minimum atomic E-state index is -0.546. The van der Waals surface area contributed by atoms with Crippen molar-refractivity contribution < 1.29 is 19.4 Å². The van der Waals surface area contributed by atoms with E-state index in [1.807, 2.05) is 13.8 Å². The Bertz CT molecular complexity index is 316. The molecule has 0 saturated carbocycles. The molecule has 1 heterocycles. The predicted octanol–water partition coefficient (Wildman–Crippen LogP) is 0.880. The first-order chi connectivity index (χ1) is 7.15. The highest BCUT2D eigenvalue weighted by molar-refractivity contribution is 5.14. The average molecular weight is 216 g/mol. The fraction of sp³-hybridized carbons (Fsp3) is 0.500. The molecular weight excluding hydrogens is 200 g/mol. The molecule has 0 bridgehead atoms. The largest absolute Gasteiger partial charge is 0.502 e. The number of hydrogen-bond donors (Lipinski definition) is 2. The molecule has 0 aliphatic carbocycles. The number of aliphatic hydroxyl groups is 1. The molecule has 0 aliphatic rings. The molecule has 5 nitrogen and oxygen atoms in total. The molecule has 1 rings (SSSR count). The second kappa shape index (κ2) is 8.02. The zero-order valence-electron chi connectivity index (χ0n) is 8.90. The number of aromatic hydroxyl groups is 1. The van der Waals surface area contributed by atoms with E-state index in [1.165, 1.54) is 0 Å². The van der Waals surface area contributed by atoms with Crippen LogP contribution in [0.2, 0.25) is 0 Å².